The minimum absolute atomic E-state index is 0.0352. The van der Waals surface area contributed by atoms with Crippen molar-refractivity contribution >= 4 is 72.2 Å². The molecule has 0 saturated heterocycles. The van der Waals surface area contributed by atoms with Crippen molar-refractivity contribution in [1.82, 2.24) is 14.4 Å². The molecule has 0 spiro atoms. The van der Waals surface area contributed by atoms with Gasteiger partial charge in [0.15, 0.2) is 0 Å². The standard InChI is InChI=1S/C39H25N3/c1-39-19-4-6-24-11-15-28-27(14-10-23(18-20-39)34(28)36(24)39)26-13-16-29-33(22-26)42-32-9-3-2-8-31(32)41-38(42)30-17-12-25-7-5-21-40-37(25)35(29)30/h2-18,20-22H,19H2,1H3. The third-order valence-corrected chi connectivity index (χ3v) is 9.68. The molecule has 0 radical (unpaired) electrons. The quantitative estimate of drug-likeness (QED) is 0.196. The average molecular weight is 536 g/mol. The van der Waals surface area contributed by atoms with Crippen molar-refractivity contribution in [3.63, 3.8) is 0 Å². The zero-order valence-electron chi connectivity index (χ0n) is 23.1. The molecule has 10 rings (SSSR count). The summed E-state index contributed by atoms with van der Waals surface area (Å²) in [6, 6.07) is 33.2. The van der Waals surface area contributed by atoms with E-state index in [9.17, 15) is 0 Å². The number of aromatic nitrogens is 3. The van der Waals surface area contributed by atoms with Crippen LogP contribution in [-0.4, -0.2) is 14.4 Å². The number of para-hydroxylation sites is 2. The largest absolute Gasteiger partial charge is 0.292 e. The van der Waals surface area contributed by atoms with Crippen LogP contribution in [0.4, 0.5) is 0 Å². The molecule has 0 fully saturated rings. The van der Waals surface area contributed by atoms with Crippen molar-refractivity contribution in [2.45, 2.75) is 18.8 Å². The minimum Gasteiger partial charge on any atom is -0.292 e. The first-order valence-corrected chi connectivity index (χ1v) is 14.6. The van der Waals surface area contributed by atoms with Gasteiger partial charge in [-0.25, -0.2) is 4.98 Å². The number of hydrogen-bond acceptors (Lipinski definition) is 2. The SMILES string of the molecule is CC12C=Cc3ccc(-c4ccc5c6c(ccc7cccnc76)c6nc7ccccc7n6c5c4)c4ccc(c1c34)C=CC2. The molecule has 3 heterocycles. The molecule has 3 heteroatoms. The molecular formula is C39H25N3. The maximum atomic E-state index is 5.16. The minimum atomic E-state index is 0.0352. The van der Waals surface area contributed by atoms with Gasteiger partial charge in [0.1, 0.15) is 5.65 Å². The Labute approximate surface area is 242 Å². The summed E-state index contributed by atoms with van der Waals surface area (Å²) >= 11 is 0. The highest BCUT2D eigenvalue weighted by molar-refractivity contribution is 6.23. The third kappa shape index (κ3) is 2.75. The fourth-order valence-electron chi connectivity index (χ4n) is 7.74. The Bertz CT molecular complexity index is 2560. The molecule has 0 aliphatic heterocycles. The zero-order chi connectivity index (χ0) is 27.6. The van der Waals surface area contributed by atoms with Gasteiger partial charge in [0.05, 0.1) is 22.1 Å². The highest BCUT2D eigenvalue weighted by atomic mass is 15.0. The number of fused-ring (bicyclic) bond motifs is 10. The lowest BCUT2D eigenvalue weighted by Gasteiger charge is -2.35. The Balaban J connectivity index is 1.36. The molecule has 196 valence electrons. The second kappa shape index (κ2) is 7.71. The van der Waals surface area contributed by atoms with Gasteiger partial charge >= 0.3 is 0 Å². The Morgan fingerprint density at radius 1 is 0.738 bits per heavy atom. The Morgan fingerprint density at radius 2 is 1.62 bits per heavy atom. The molecule has 2 aliphatic rings. The molecular weight excluding hydrogens is 510 g/mol. The van der Waals surface area contributed by atoms with Crippen LogP contribution in [0.5, 0.6) is 0 Å². The molecule has 0 saturated carbocycles. The van der Waals surface area contributed by atoms with Crippen LogP contribution < -0.4 is 0 Å². The normalized spacial score (nSPS) is 17.5. The predicted molar refractivity (Wildman–Crippen MR) is 176 cm³/mol. The van der Waals surface area contributed by atoms with Crippen molar-refractivity contribution in [3.05, 3.63) is 126 Å². The molecule has 3 aromatic heterocycles. The molecule has 1 unspecified atom stereocenters. The fourth-order valence-corrected chi connectivity index (χ4v) is 7.74. The van der Waals surface area contributed by atoms with Gasteiger partial charge in [-0.05, 0) is 75.3 Å². The summed E-state index contributed by atoms with van der Waals surface area (Å²) in [6.45, 7) is 2.38. The van der Waals surface area contributed by atoms with Gasteiger partial charge in [-0.3, -0.25) is 9.38 Å². The number of benzene rings is 5. The number of hydrogen-bond donors (Lipinski definition) is 0. The van der Waals surface area contributed by atoms with E-state index in [1.807, 2.05) is 12.3 Å². The highest BCUT2D eigenvalue weighted by Crippen LogP contribution is 2.48. The van der Waals surface area contributed by atoms with E-state index in [1.54, 1.807) is 0 Å². The maximum absolute atomic E-state index is 5.16. The molecule has 5 aromatic carbocycles. The van der Waals surface area contributed by atoms with Crippen LogP contribution in [0, 0.1) is 0 Å². The van der Waals surface area contributed by atoms with Crippen LogP contribution in [0.1, 0.15) is 30.0 Å². The topological polar surface area (TPSA) is 30.2 Å². The van der Waals surface area contributed by atoms with E-state index in [-0.39, 0.29) is 5.41 Å². The predicted octanol–water partition coefficient (Wildman–Crippen LogP) is 9.86. The molecule has 0 N–H and O–H groups in total. The Kier molecular flexibility index (Phi) is 4.12. The summed E-state index contributed by atoms with van der Waals surface area (Å²) in [7, 11) is 0. The lowest BCUT2D eigenvalue weighted by atomic mass is 9.68. The van der Waals surface area contributed by atoms with Gasteiger partial charge in [-0.15, -0.1) is 0 Å². The monoisotopic (exact) mass is 535 g/mol. The van der Waals surface area contributed by atoms with E-state index in [2.05, 4.69) is 121 Å². The van der Waals surface area contributed by atoms with Gasteiger partial charge in [0.25, 0.3) is 0 Å². The number of imidazole rings is 1. The van der Waals surface area contributed by atoms with Gasteiger partial charge in [-0.1, -0.05) is 91.9 Å². The first kappa shape index (κ1) is 22.4. The summed E-state index contributed by atoms with van der Waals surface area (Å²) in [5.41, 5.74) is 11.9. The Hall–Kier alpha value is -5.28. The van der Waals surface area contributed by atoms with Gasteiger partial charge in [0.2, 0.25) is 0 Å². The maximum Gasteiger partial charge on any atom is 0.146 e. The summed E-state index contributed by atoms with van der Waals surface area (Å²) in [5, 5.41) is 7.33. The number of rotatable bonds is 1. The molecule has 0 amide bonds. The van der Waals surface area contributed by atoms with E-state index in [0.29, 0.717) is 0 Å². The van der Waals surface area contributed by atoms with Crippen molar-refractivity contribution in [2.75, 3.05) is 0 Å². The zero-order valence-corrected chi connectivity index (χ0v) is 23.1. The number of pyridine rings is 2. The Morgan fingerprint density at radius 3 is 2.60 bits per heavy atom. The summed E-state index contributed by atoms with van der Waals surface area (Å²) < 4.78 is 2.34. The second-order valence-corrected chi connectivity index (χ2v) is 12.1. The lowest BCUT2D eigenvalue weighted by molar-refractivity contribution is 0.605. The van der Waals surface area contributed by atoms with Crippen LogP contribution in [-0.2, 0) is 5.41 Å². The van der Waals surface area contributed by atoms with Crippen molar-refractivity contribution in [2.24, 2.45) is 0 Å². The van der Waals surface area contributed by atoms with Crippen LogP contribution in [0.3, 0.4) is 0 Å². The smallest absolute Gasteiger partial charge is 0.146 e. The lowest BCUT2D eigenvalue weighted by Crippen LogP contribution is -2.24. The van der Waals surface area contributed by atoms with Crippen molar-refractivity contribution < 1.29 is 0 Å². The van der Waals surface area contributed by atoms with Crippen LogP contribution in [0.15, 0.2) is 109 Å². The van der Waals surface area contributed by atoms with E-state index in [4.69, 9.17) is 9.97 Å². The highest BCUT2D eigenvalue weighted by Gasteiger charge is 2.32. The molecule has 2 aliphatic carbocycles. The van der Waals surface area contributed by atoms with Crippen LogP contribution in [0.2, 0.25) is 0 Å². The first-order chi connectivity index (χ1) is 20.7. The molecule has 3 nitrogen and oxygen atoms in total. The van der Waals surface area contributed by atoms with Crippen LogP contribution in [0.25, 0.3) is 83.3 Å². The van der Waals surface area contributed by atoms with E-state index < -0.39 is 0 Å². The van der Waals surface area contributed by atoms with Gasteiger partial charge < -0.3 is 0 Å². The second-order valence-electron chi connectivity index (χ2n) is 12.1. The molecule has 0 bridgehead atoms. The van der Waals surface area contributed by atoms with Gasteiger partial charge in [0, 0.05) is 33.2 Å². The number of nitrogens with zero attached hydrogens (tertiary/aromatic N) is 3. The number of allylic oxidation sites excluding steroid dienone is 2. The molecule has 42 heavy (non-hydrogen) atoms. The average Bonchev–Trinajstić information content (AvgIpc) is 3.43. The molecule has 1 atom stereocenters. The van der Waals surface area contributed by atoms with E-state index in [1.165, 1.54) is 44.0 Å². The first-order valence-electron chi connectivity index (χ1n) is 14.6. The summed E-state index contributed by atoms with van der Waals surface area (Å²) in [5.74, 6) is 0. The van der Waals surface area contributed by atoms with Gasteiger partial charge in [-0.2, -0.15) is 0 Å². The summed E-state index contributed by atoms with van der Waals surface area (Å²) in [6.07, 6.45) is 12.3. The van der Waals surface area contributed by atoms with Crippen molar-refractivity contribution in [3.8, 4) is 11.1 Å². The third-order valence-electron chi connectivity index (χ3n) is 9.68. The van der Waals surface area contributed by atoms with Crippen molar-refractivity contribution in [1.29, 1.82) is 0 Å². The fraction of sp³-hybridized carbons (Fsp3) is 0.0769. The van der Waals surface area contributed by atoms with Crippen LogP contribution >= 0.6 is 0 Å². The summed E-state index contributed by atoms with van der Waals surface area (Å²) in [4.78, 5) is 10.0. The van der Waals surface area contributed by atoms with E-state index >= 15 is 0 Å². The molecule has 8 aromatic rings. The van der Waals surface area contributed by atoms with E-state index in [0.717, 1.165) is 50.3 Å².